The average Bonchev–Trinajstić information content (AvgIpc) is 2.71. The van der Waals surface area contributed by atoms with Crippen molar-refractivity contribution in [1.82, 2.24) is 0 Å². The van der Waals surface area contributed by atoms with Gasteiger partial charge in [0.15, 0.2) is 5.78 Å². The van der Waals surface area contributed by atoms with Crippen molar-refractivity contribution in [3.63, 3.8) is 0 Å². The Morgan fingerprint density at radius 2 is 1.69 bits per heavy atom. The van der Waals surface area contributed by atoms with Crippen LogP contribution in [-0.2, 0) is 22.6 Å². The third-order valence-corrected chi connectivity index (χ3v) is 6.03. The van der Waals surface area contributed by atoms with Crippen LogP contribution in [0.3, 0.4) is 0 Å². The summed E-state index contributed by atoms with van der Waals surface area (Å²) >= 11 is 0. The first-order valence-corrected chi connectivity index (χ1v) is 11.0. The van der Waals surface area contributed by atoms with Crippen LogP contribution in [0.5, 0.6) is 5.75 Å². The maximum absolute atomic E-state index is 13.4. The Hall–Kier alpha value is -3.17. The van der Waals surface area contributed by atoms with Crippen LogP contribution >= 0.6 is 0 Å². The second kappa shape index (κ2) is 8.76. The number of methoxy groups -OCH3 is 1. The number of carbonyl (C=O) groups is 1. The summed E-state index contributed by atoms with van der Waals surface area (Å²) < 4.78 is 68.6. The van der Waals surface area contributed by atoms with Gasteiger partial charge < -0.3 is 4.74 Å². The highest BCUT2D eigenvalue weighted by Gasteiger charge is 2.34. The van der Waals surface area contributed by atoms with Gasteiger partial charge >= 0.3 is 6.18 Å². The number of halogens is 3. The highest BCUT2D eigenvalue weighted by Crippen LogP contribution is 2.40. The van der Waals surface area contributed by atoms with E-state index in [0.29, 0.717) is 11.1 Å². The number of ether oxygens (including phenoxy) is 1. The topological polar surface area (TPSA) is 86.5 Å². The molecule has 0 heterocycles. The van der Waals surface area contributed by atoms with Crippen molar-refractivity contribution in [3.8, 4) is 16.9 Å². The van der Waals surface area contributed by atoms with E-state index < -0.39 is 21.8 Å². The second-order valence-corrected chi connectivity index (χ2v) is 8.73. The molecule has 0 atom stereocenters. The lowest BCUT2D eigenvalue weighted by Gasteiger charge is -2.16. The molecule has 0 unspecified atom stereocenters. The van der Waals surface area contributed by atoms with Crippen LogP contribution < -0.4 is 9.88 Å². The van der Waals surface area contributed by atoms with Gasteiger partial charge in [0, 0.05) is 17.5 Å². The summed E-state index contributed by atoms with van der Waals surface area (Å²) in [4.78, 5) is 12.7. The minimum atomic E-state index is -4.54. The van der Waals surface area contributed by atoms with Crippen molar-refractivity contribution in [2.75, 3.05) is 7.11 Å². The number of hydrogen-bond donors (Lipinski definition) is 1. The number of rotatable bonds is 6. The third-order valence-electron chi connectivity index (χ3n) is 4.96. The van der Waals surface area contributed by atoms with Crippen molar-refractivity contribution in [3.05, 3.63) is 82.9 Å². The molecule has 0 aromatic heterocycles. The van der Waals surface area contributed by atoms with Crippen LogP contribution in [0.15, 0.2) is 65.6 Å². The molecule has 3 aromatic rings. The fourth-order valence-corrected chi connectivity index (χ4v) is 4.25. The van der Waals surface area contributed by atoms with Crippen molar-refractivity contribution < 1.29 is 31.1 Å². The molecular weight excluding hydrogens is 443 g/mol. The van der Waals surface area contributed by atoms with Crippen LogP contribution in [-0.4, -0.2) is 21.3 Å². The van der Waals surface area contributed by atoms with Gasteiger partial charge in [-0.3, -0.25) is 4.79 Å². The summed E-state index contributed by atoms with van der Waals surface area (Å²) in [5, 5.41) is 5.15. The Bertz CT molecular complexity index is 1280. The minimum absolute atomic E-state index is 0.0250. The van der Waals surface area contributed by atoms with Gasteiger partial charge in [-0.1, -0.05) is 36.4 Å². The predicted octanol–water partition coefficient (Wildman–Crippen LogP) is 4.76. The summed E-state index contributed by atoms with van der Waals surface area (Å²) in [6.07, 6.45) is -4.58. The zero-order valence-corrected chi connectivity index (χ0v) is 18.0. The summed E-state index contributed by atoms with van der Waals surface area (Å²) in [5.41, 5.74) is 0.598. The van der Waals surface area contributed by atoms with Gasteiger partial charge in [-0.15, -0.1) is 0 Å². The molecule has 9 heteroatoms. The Morgan fingerprint density at radius 1 is 1.00 bits per heavy atom. The molecule has 3 aromatic carbocycles. The molecule has 2 N–H and O–H groups in total. The smallest absolute Gasteiger partial charge is 0.417 e. The molecule has 0 aliphatic heterocycles. The Morgan fingerprint density at radius 3 is 2.28 bits per heavy atom. The highest BCUT2D eigenvalue weighted by molar-refractivity contribution is 7.89. The SMILES string of the molecule is COc1cc(C(=O)Cc2ccc(S(N)(=O)=O)c(C)c2)ccc1-c1ccccc1C(F)(F)F. The van der Waals surface area contributed by atoms with Crippen molar-refractivity contribution in [1.29, 1.82) is 0 Å². The Kier molecular flexibility index (Phi) is 6.43. The minimum Gasteiger partial charge on any atom is -0.496 e. The van der Waals surface area contributed by atoms with Gasteiger partial charge in [0.25, 0.3) is 0 Å². The summed E-state index contributed by atoms with van der Waals surface area (Å²) in [6, 6.07) is 13.8. The maximum atomic E-state index is 13.4. The molecule has 0 aliphatic carbocycles. The van der Waals surface area contributed by atoms with Crippen molar-refractivity contribution >= 4 is 15.8 Å². The van der Waals surface area contributed by atoms with E-state index in [9.17, 15) is 26.4 Å². The van der Waals surface area contributed by atoms with Gasteiger partial charge in [0.05, 0.1) is 17.6 Å². The van der Waals surface area contributed by atoms with Crippen molar-refractivity contribution in [2.24, 2.45) is 5.14 Å². The van der Waals surface area contributed by atoms with Crippen LogP contribution in [0, 0.1) is 6.92 Å². The molecule has 0 saturated carbocycles. The molecule has 0 fully saturated rings. The van der Waals surface area contributed by atoms with Gasteiger partial charge in [-0.2, -0.15) is 13.2 Å². The Labute approximate surface area is 183 Å². The normalized spacial score (nSPS) is 11.9. The molecule has 168 valence electrons. The molecule has 0 amide bonds. The van der Waals surface area contributed by atoms with Crippen LogP contribution in [0.25, 0.3) is 11.1 Å². The molecule has 3 rings (SSSR count). The van der Waals surface area contributed by atoms with E-state index in [4.69, 9.17) is 9.88 Å². The number of alkyl halides is 3. The van der Waals surface area contributed by atoms with Crippen molar-refractivity contribution in [2.45, 2.75) is 24.4 Å². The lowest BCUT2D eigenvalue weighted by molar-refractivity contribution is -0.137. The van der Waals surface area contributed by atoms with Gasteiger partial charge in [0.1, 0.15) is 5.75 Å². The van der Waals surface area contributed by atoms with E-state index in [1.165, 1.54) is 55.6 Å². The monoisotopic (exact) mass is 463 g/mol. The van der Waals surface area contributed by atoms with Gasteiger partial charge in [-0.25, -0.2) is 13.6 Å². The molecule has 0 aliphatic rings. The number of primary sulfonamides is 1. The number of Topliss-reactive ketones (excluding diaryl/α,β-unsaturated/α-hetero) is 1. The highest BCUT2D eigenvalue weighted by atomic mass is 32.2. The number of benzene rings is 3. The largest absolute Gasteiger partial charge is 0.496 e. The van der Waals surface area contributed by atoms with E-state index >= 15 is 0 Å². The van der Waals surface area contributed by atoms with Gasteiger partial charge in [-0.05, 0) is 47.9 Å². The lowest BCUT2D eigenvalue weighted by Crippen LogP contribution is -2.14. The number of sulfonamides is 1. The van der Waals surface area contributed by atoms with E-state index in [1.807, 2.05) is 0 Å². The van der Waals surface area contributed by atoms with Crippen LogP contribution in [0.2, 0.25) is 0 Å². The molecule has 0 bridgehead atoms. The third kappa shape index (κ3) is 5.00. The fourth-order valence-electron chi connectivity index (χ4n) is 3.48. The zero-order valence-electron chi connectivity index (χ0n) is 17.2. The second-order valence-electron chi connectivity index (χ2n) is 7.20. The summed E-state index contributed by atoms with van der Waals surface area (Å²) in [7, 11) is -2.55. The number of aryl methyl sites for hydroxylation is 1. The van der Waals surface area contributed by atoms with E-state index in [0.717, 1.165) is 6.07 Å². The number of hydrogen-bond acceptors (Lipinski definition) is 4. The van der Waals surface area contributed by atoms with E-state index in [-0.39, 0.29) is 39.5 Å². The molecule has 0 spiro atoms. The quantitative estimate of drug-likeness (QED) is 0.534. The zero-order chi connectivity index (χ0) is 23.7. The Balaban J connectivity index is 1.93. The number of nitrogens with two attached hydrogens (primary N) is 1. The van der Waals surface area contributed by atoms with E-state index in [1.54, 1.807) is 13.0 Å². The molecule has 0 radical (unpaired) electrons. The standard InChI is InChI=1S/C23H20F3NO4S/c1-14-11-15(7-10-22(14)32(27,29)30)12-20(28)16-8-9-18(21(13-16)31-2)17-5-3-4-6-19(17)23(24,25)26/h3-11,13H,12H2,1-2H3,(H2,27,29,30). The average molecular weight is 463 g/mol. The summed E-state index contributed by atoms with van der Waals surface area (Å²) in [6.45, 7) is 1.57. The maximum Gasteiger partial charge on any atom is 0.417 e. The fraction of sp³-hybridized carbons (Fsp3) is 0.174. The first kappa shape index (κ1) is 23.5. The van der Waals surface area contributed by atoms with Crippen LogP contribution in [0.4, 0.5) is 13.2 Å². The molecule has 0 saturated heterocycles. The molecular formula is C23H20F3NO4S. The molecule has 32 heavy (non-hydrogen) atoms. The van der Waals surface area contributed by atoms with Gasteiger partial charge in [0.2, 0.25) is 10.0 Å². The van der Waals surface area contributed by atoms with E-state index in [2.05, 4.69) is 0 Å². The van der Waals surface area contributed by atoms with Crippen LogP contribution in [0.1, 0.15) is 27.0 Å². The first-order valence-electron chi connectivity index (χ1n) is 9.42. The number of ketones is 1. The molecule has 5 nitrogen and oxygen atoms in total. The summed E-state index contributed by atoms with van der Waals surface area (Å²) in [5.74, 6) is -0.171. The lowest BCUT2D eigenvalue weighted by atomic mass is 9.95. The first-order chi connectivity index (χ1) is 14.9. The predicted molar refractivity (Wildman–Crippen MR) is 114 cm³/mol. The number of carbonyl (C=O) groups excluding carboxylic acids is 1.